The lowest BCUT2D eigenvalue weighted by Crippen LogP contribution is -2.26. The van der Waals surface area contributed by atoms with E-state index in [1.807, 2.05) is 6.92 Å². The highest BCUT2D eigenvalue weighted by Gasteiger charge is 2.29. The Labute approximate surface area is 154 Å². The zero-order chi connectivity index (χ0) is 17.7. The molecule has 130 valence electrons. The molecule has 0 N–H and O–H groups in total. The van der Waals surface area contributed by atoms with E-state index in [2.05, 4.69) is 71.3 Å². The van der Waals surface area contributed by atoms with E-state index in [-0.39, 0.29) is 0 Å². The van der Waals surface area contributed by atoms with Crippen molar-refractivity contribution in [2.24, 2.45) is 0 Å². The van der Waals surface area contributed by atoms with Crippen LogP contribution in [0, 0.1) is 6.92 Å². The molecule has 0 spiro atoms. The van der Waals surface area contributed by atoms with Crippen molar-refractivity contribution in [1.29, 1.82) is 0 Å². The van der Waals surface area contributed by atoms with Crippen molar-refractivity contribution in [2.45, 2.75) is 32.7 Å². The molecule has 26 heavy (non-hydrogen) atoms. The molecule has 1 aromatic heterocycles. The molecule has 3 aromatic rings. The average Bonchev–Trinajstić information content (AvgIpc) is 3.21. The first kappa shape index (κ1) is 15.4. The summed E-state index contributed by atoms with van der Waals surface area (Å²) in [5.74, 6) is 2.81. The number of rotatable bonds is 2. The van der Waals surface area contributed by atoms with Gasteiger partial charge in [-0.05, 0) is 49.9 Å². The van der Waals surface area contributed by atoms with Crippen LogP contribution < -0.4 is 9.80 Å². The molecule has 0 saturated heterocycles. The van der Waals surface area contributed by atoms with Crippen molar-refractivity contribution in [3.05, 3.63) is 71.5 Å². The van der Waals surface area contributed by atoms with E-state index in [1.54, 1.807) is 0 Å². The largest absolute Gasteiger partial charge is 0.326 e. The third-order valence-corrected chi connectivity index (χ3v) is 5.43. The van der Waals surface area contributed by atoms with E-state index in [1.165, 1.54) is 22.5 Å². The van der Waals surface area contributed by atoms with Crippen molar-refractivity contribution >= 4 is 23.0 Å². The number of anilines is 4. The normalized spacial score (nSPS) is 18.2. The van der Waals surface area contributed by atoms with Crippen molar-refractivity contribution in [3.63, 3.8) is 0 Å². The highest BCUT2D eigenvalue weighted by atomic mass is 15.3. The van der Waals surface area contributed by atoms with Gasteiger partial charge in [-0.25, -0.2) is 9.97 Å². The van der Waals surface area contributed by atoms with Crippen LogP contribution in [-0.4, -0.2) is 22.6 Å². The minimum absolute atomic E-state index is 0.403. The zero-order valence-corrected chi connectivity index (χ0v) is 15.2. The van der Waals surface area contributed by atoms with Crippen LogP contribution in [0.25, 0.3) is 0 Å². The molecule has 0 bridgehead atoms. The van der Waals surface area contributed by atoms with Crippen LogP contribution in [0.3, 0.4) is 0 Å². The first-order chi connectivity index (χ1) is 12.7. The highest BCUT2D eigenvalue weighted by molar-refractivity contribution is 5.73. The maximum Gasteiger partial charge on any atom is 0.139 e. The Hall–Kier alpha value is -2.88. The average molecular weight is 342 g/mol. The van der Waals surface area contributed by atoms with E-state index < -0.39 is 0 Å². The van der Waals surface area contributed by atoms with Gasteiger partial charge >= 0.3 is 0 Å². The fourth-order valence-corrected chi connectivity index (χ4v) is 4.29. The Morgan fingerprint density at radius 3 is 2.42 bits per heavy atom. The first-order valence-electron chi connectivity index (χ1n) is 9.29. The number of fused-ring (bicyclic) bond motifs is 2. The maximum absolute atomic E-state index is 4.78. The van der Waals surface area contributed by atoms with Crippen LogP contribution >= 0.6 is 0 Å². The van der Waals surface area contributed by atoms with Gasteiger partial charge in [0.2, 0.25) is 0 Å². The van der Waals surface area contributed by atoms with E-state index in [0.29, 0.717) is 6.04 Å². The highest BCUT2D eigenvalue weighted by Crippen LogP contribution is 2.39. The Bertz CT molecular complexity index is 981. The molecule has 0 saturated carbocycles. The van der Waals surface area contributed by atoms with Gasteiger partial charge in [-0.2, -0.15) is 0 Å². The standard InChI is InChI=1S/C22H22N4/c1-15-13-18-8-4-6-10-20(18)26(15)22-14-21(23-16(2)24-22)25-12-11-17-7-3-5-9-19(17)25/h3-10,14-15H,11-13H2,1-2H3. The number of aryl methyl sites for hydroxylation is 1. The summed E-state index contributed by atoms with van der Waals surface area (Å²) >= 11 is 0. The van der Waals surface area contributed by atoms with Gasteiger partial charge in [-0.3, -0.25) is 0 Å². The predicted octanol–water partition coefficient (Wildman–Crippen LogP) is 4.56. The van der Waals surface area contributed by atoms with Gasteiger partial charge in [-0.1, -0.05) is 36.4 Å². The van der Waals surface area contributed by atoms with Crippen LogP contribution in [0.5, 0.6) is 0 Å². The molecule has 2 aliphatic rings. The first-order valence-corrected chi connectivity index (χ1v) is 9.29. The van der Waals surface area contributed by atoms with Crippen LogP contribution in [0.1, 0.15) is 23.9 Å². The molecule has 2 aromatic carbocycles. The molecule has 1 unspecified atom stereocenters. The molecule has 5 rings (SSSR count). The fraction of sp³-hybridized carbons (Fsp3) is 0.273. The van der Waals surface area contributed by atoms with E-state index in [0.717, 1.165) is 36.8 Å². The number of benzene rings is 2. The maximum atomic E-state index is 4.78. The Balaban J connectivity index is 1.59. The predicted molar refractivity (Wildman–Crippen MR) is 106 cm³/mol. The van der Waals surface area contributed by atoms with Gasteiger partial charge in [-0.15, -0.1) is 0 Å². The molecule has 0 fully saturated rings. The minimum atomic E-state index is 0.403. The summed E-state index contributed by atoms with van der Waals surface area (Å²) in [4.78, 5) is 14.2. The summed E-state index contributed by atoms with van der Waals surface area (Å²) in [6.45, 7) is 5.23. The summed E-state index contributed by atoms with van der Waals surface area (Å²) in [5, 5.41) is 0. The van der Waals surface area contributed by atoms with Gasteiger partial charge in [0.1, 0.15) is 17.5 Å². The van der Waals surface area contributed by atoms with Crippen LogP contribution in [0.4, 0.5) is 23.0 Å². The Kier molecular flexibility index (Phi) is 3.45. The summed E-state index contributed by atoms with van der Waals surface area (Å²) in [5.41, 5.74) is 5.33. The molecule has 4 heteroatoms. The number of hydrogen-bond donors (Lipinski definition) is 0. The third-order valence-electron chi connectivity index (χ3n) is 5.43. The summed E-state index contributed by atoms with van der Waals surface area (Å²) in [7, 11) is 0. The fourth-order valence-electron chi connectivity index (χ4n) is 4.29. The summed E-state index contributed by atoms with van der Waals surface area (Å²) < 4.78 is 0. The van der Waals surface area contributed by atoms with Gasteiger partial charge in [0.25, 0.3) is 0 Å². The number of para-hydroxylation sites is 2. The smallest absolute Gasteiger partial charge is 0.139 e. The quantitative estimate of drug-likeness (QED) is 0.683. The van der Waals surface area contributed by atoms with E-state index >= 15 is 0 Å². The molecule has 1 atom stereocenters. The third kappa shape index (κ3) is 2.37. The van der Waals surface area contributed by atoms with Gasteiger partial charge in [0, 0.05) is 30.0 Å². The van der Waals surface area contributed by atoms with E-state index in [4.69, 9.17) is 9.97 Å². The monoisotopic (exact) mass is 342 g/mol. The zero-order valence-electron chi connectivity index (χ0n) is 15.2. The lowest BCUT2D eigenvalue weighted by Gasteiger charge is -2.26. The molecule has 0 radical (unpaired) electrons. The second-order valence-corrected chi connectivity index (χ2v) is 7.21. The summed E-state index contributed by atoms with van der Waals surface area (Å²) in [6.07, 6.45) is 2.12. The van der Waals surface area contributed by atoms with Crippen LogP contribution in [0.15, 0.2) is 54.6 Å². The number of aromatic nitrogens is 2. The molecular weight excluding hydrogens is 320 g/mol. The van der Waals surface area contributed by atoms with Crippen LogP contribution in [-0.2, 0) is 12.8 Å². The topological polar surface area (TPSA) is 32.3 Å². The van der Waals surface area contributed by atoms with Gasteiger partial charge in [0.15, 0.2) is 0 Å². The van der Waals surface area contributed by atoms with Gasteiger partial charge in [0.05, 0.1) is 0 Å². The Morgan fingerprint density at radius 1 is 0.885 bits per heavy atom. The molecule has 3 heterocycles. The minimum Gasteiger partial charge on any atom is -0.326 e. The number of hydrogen-bond acceptors (Lipinski definition) is 4. The van der Waals surface area contributed by atoms with Crippen LogP contribution in [0.2, 0.25) is 0 Å². The van der Waals surface area contributed by atoms with Crippen molar-refractivity contribution in [2.75, 3.05) is 16.3 Å². The molecule has 4 nitrogen and oxygen atoms in total. The lowest BCUT2D eigenvalue weighted by molar-refractivity contribution is 0.746. The summed E-state index contributed by atoms with van der Waals surface area (Å²) in [6, 6.07) is 19.8. The molecular formula is C22H22N4. The lowest BCUT2D eigenvalue weighted by atomic mass is 10.1. The molecule has 0 amide bonds. The molecule has 2 aliphatic heterocycles. The van der Waals surface area contributed by atoms with Crippen molar-refractivity contribution in [1.82, 2.24) is 9.97 Å². The second kappa shape index (κ2) is 5.84. The van der Waals surface area contributed by atoms with Crippen molar-refractivity contribution in [3.8, 4) is 0 Å². The molecule has 0 aliphatic carbocycles. The number of nitrogens with zero attached hydrogens (tertiary/aromatic N) is 4. The Morgan fingerprint density at radius 2 is 1.58 bits per heavy atom. The SMILES string of the molecule is Cc1nc(N2CCc3ccccc32)cc(N2c3ccccc3CC2C)n1. The van der Waals surface area contributed by atoms with Gasteiger partial charge < -0.3 is 9.80 Å². The second-order valence-electron chi connectivity index (χ2n) is 7.21. The van der Waals surface area contributed by atoms with E-state index in [9.17, 15) is 0 Å². The van der Waals surface area contributed by atoms with Crippen molar-refractivity contribution < 1.29 is 0 Å².